The topological polar surface area (TPSA) is 30.9 Å². The van der Waals surface area contributed by atoms with Crippen molar-refractivity contribution in [3.05, 3.63) is 22.2 Å². The van der Waals surface area contributed by atoms with Crippen LogP contribution in [0.2, 0.25) is 0 Å². The fraction of sp³-hybridized carbons (Fsp3) is 0.600. The molecule has 2 atom stereocenters. The Morgan fingerprint density at radius 1 is 1.20 bits per heavy atom. The molecule has 0 radical (unpaired) electrons. The van der Waals surface area contributed by atoms with Crippen LogP contribution in [0.15, 0.2) is 16.6 Å². The zero-order valence-corrected chi connectivity index (χ0v) is 13.5. The summed E-state index contributed by atoms with van der Waals surface area (Å²) >= 11 is 3.64. The van der Waals surface area contributed by atoms with Crippen LogP contribution >= 0.6 is 15.9 Å². The van der Waals surface area contributed by atoms with Gasteiger partial charge in [0.1, 0.15) is 13.2 Å². The number of morpholine rings is 1. The van der Waals surface area contributed by atoms with Crippen molar-refractivity contribution in [2.24, 2.45) is 0 Å². The number of hydrogen-bond acceptors (Lipinski definition) is 4. The zero-order chi connectivity index (χ0) is 14.1. The van der Waals surface area contributed by atoms with Gasteiger partial charge in [0.15, 0.2) is 11.5 Å². The molecule has 20 heavy (non-hydrogen) atoms. The van der Waals surface area contributed by atoms with Crippen molar-refractivity contribution in [1.82, 2.24) is 4.90 Å². The first-order chi connectivity index (χ1) is 9.63. The van der Waals surface area contributed by atoms with E-state index in [0.717, 1.165) is 35.7 Å². The number of hydrogen-bond donors (Lipinski definition) is 0. The van der Waals surface area contributed by atoms with Crippen molar-refractivity contribution in [3.63, 3.8) is 0 Å². The van der Waals surface area contributed by atoms with Crippen molar-refractivity contribution >= 4 is 15.9 Å². The molecule has 3 rings (SSSR count). The molecular formula is C15H20BrNO3. The second-order valence-electron chi connectivity index (χ2n) is 5.51. The maximum atomic E-state index is 5.68. The second-order valence-corrected chi connectivity index (χ2v) is 6.36. The fourth-order valence-corrected chi connectivity index (χ4v) is 3.09. The lowest BCUT2D eigenvalue weighted by molar-refractivity contribution is -0.0527. The van der Waals surface area contributed by atoms with Crippen LogP contribution in [0, 0.1) is 0 Å². The Hall–Kier alpha value is -0.780. The van der Waals surface area contributed by atoms with E-state index in [4.69, 9.17) is 14.2 Å². The van der Waals surface area contributed by atoms with Crippen LogP contribution in [-0.4, -0.2) is 43.4 Å². The minimum atomic E-state index is 0.294. The van der Waals surface area contributed by atoms with Crippen molar-refractivity contribution in [3.8, 4) is 11.5 Å². The molecule has 1 aromatic rings. The van der Waals surface area contributed by atoms with Gasteiger partial charge >= 0.3 is 0 Å². The average molecular weight is 342 g/mol. The average Bonchev–Trinajstić information content (AvgIpc) is 2.43. The fourth-order valence-electron chi connectivity index (χ4n) is 2.64. The maximum Gasteiger partial charge on any atom is 0.162 e. The summed E-state index contributed by atoms with van der Waals surface area (Å²) in [7, 11) is 0. The Labute approximate surface area is 128 Å². The minimum Gasteiger partial charge on any atom is -0.486 e. The summed E-state index contributed by atoms with van der Waals surface area (Å²) < 4.78 is 18.0. The molecule has 0 spiro atoms. The van der Waals surface area contributed by atoms with E-state index in [1.807, 2.05) is 6.07 Å². The van der Waals surface area contributed by atoms with Gasteiger partial charge in [0, 0.05) is 23.6 Å². The summed E-state index contributed by atoms with van der Waals surface area (Å²) in [6.45, 7) is 8.23. The number of rotatable bonds is 2. The molecule has 0 bridgehead atoms. The van der Waals surface area contributed by atoms with Crippen LogP contribution in [0.4, 0.5) is 0 Å². The highest BCUT2D eigenvalue weighted by Crippen LogP contribution is 2.36. The van der Waals surface area contributed by atoms with E-state index in [0.29, 0.717) is 25.4 Å². The van der Waals surface area contributed by atoms with Gasteiger partial charge in [0.25, 0.3) is 0 Å². The molecule has 5 heteroatoms. The standard InChI is InChI=1S/C15H20BrNO3/c1-10-9-20-11(2)7-17(10)8-12-5-14-15(6-13(12)16)19-4-3-18-14/h5-6,10-11H,3-4,7-9H2,1-2H3. The molecular weight excluding hydrogens is 322 g/mol. The van der Waals surface area contributed by atoms with E-state index in [1.54, 1.807) is 0 Å². The number of ether oxygens (including phenoxy) is 3. The van der Waals surface area contributed by atoms with E-state index in [-0.39, 0.29) is 0 Å². The van der Waals surface area contributed by atoms with Crippen LogP contribution in [0.1, 0.15) is 19.4 Å². The lowest BCUT2D eigenvalue weighted by Gasteiger charge is -2.37. The molecule has 2 heterocycles. The molecule has 0 saturated carbocycles. The molecule has 110 valence electrons. The third-order valence-electron chi connectivity index (χ3n) is 3.82. The van der Waals surface area contributed by atoms with E-state index >= 15 is 0 Å². The number of halogens is 1. The Bertz CT molecular complexity index is 494. The summed E-state index contributed by atoms with van der Waals surface area (Å²) in [5.74, 6) is 1.68. The Balaban J connectivity index is 1.79. The lowest BCUT2D eigenvalue weighted by Crippen LogP contribution is -2.46. The molecule has 1 saturated heterocycles. The summed E-state index contributed by atoms with van der Waals surface area (Å²) in [4.78, 5) is 2.45. The molecule has 4 nitrogen and oxygen atoms in total. The van der Waals surface area contributed by atoms with Crippen LogP contribution in [0.5, 0.6) is 11.5 Å². The van der Waals surface area contributed by atoms with Crippen molar-refractivity contribution in [1.29, 1.82) is 0 Å². The van der Waals surface area contributed by atoms with Gasteiger partial charge in [0.2, 0.25) is 0 Å². The maximum absolute atomic E-state index is 5.68. The Morgan fingerprint density at radius 3 is 2.65 bits per heavy atom. The molecule has 1 aromatic carbocycles. The predicted molar refractivity (Wildman–Crippen MR) is 80.4 cm³/mol. The summed E-state index contributed by atoms with van der Waals surface area (Å²) in [6.07, 6.45) is 0.294. The number of nitrogens with zero attached hydrogens (tertiary/aromatic N) is 1. The Morgan fingerprint density at radius 2 is 1.90 bits per heavy atom. The van der Waals surface area contributed by atoms with Gasteiger partial charge in [-0.05, 0) is 31.5 Å². The zero-order valence-electron chi connectivity index (χ0n) is 11.9. The van der Waals surface area contributed by atoms with Gasteiger partial charge < -0.3 is 14.2 Å². The molecule has 2 aliphatic rings. The molecule has 2 aliphatic heterocycles. The lowest BCUT2D eigenvalue weighted by atomic mass is 10.1. The normalized spacial score (nSPS) is 26.6. The van der Waals surface area contributed by atoms with Gasteiger partial charge in [-0.1, -0.05) is 15.9 Å². The van der Waals surface area contributed by atoms with Gasteiger partial charge in [-0.25, -0.2) is 0 Å². The van der Waals surface area contributed by atoms with Gasteiger partial charge in [-0.15, -0.1) is 0 Å². The van der Waals surface area contributed by atoms with Crippen LogP contribution in [-0.2, 0) is 11.3 Å². The molecule has 0 aliphatic carbocycles. The van der Waals surface area contributed by atoms with E-state index < -0.39 is 0 Å². The highest BCUT2D eigenvalue weighted by molar-refractivity contribution is 9.10. The monoisotopic (exact) mass is 341 g/mol. The van der Waals surface area contributed by atoms with E-state index in [1.165, 1.54) is 5.56 Å². The van der Waals surface area contributed by atoms with Crippen LogP contribution in [0.3, 0.4) is 0 Å². The molecule has 0 N–H and O–H groups in total. The summed E-state index contributed by atoms with van der Waals surface area (Å²) in [5, 5.41) is 0. The number of benzene rings is 1. The largest absolute Gasteiger partial charge is 0.486 e. The third-order valence-corrected chi connectivity index (χ3v) is 4.56. The van der Waals surface area contributed by atoms with E-state index in [9.17, 15) is 0 Å². The third kappa shape index (κ3) is 2.95. The van der Waals surface area contributed by atoms with Crippen molar-refractivity contribution in [2.45, 2.75) is 32.5 Å². The van der Waals surface area contributed by atoms with Crippen LogP contribution < -0.4 is 9.47 Å². The molecule has 1 fully saturated rings. The number of fused-ring (bicyclic) bond motifs is 1. The summed E-state index contributed by atoms with van der Waals surface area (Å²) in [5.41, 5.74) is 1.23. The van der Waals surface area contributed by atoms with E-state index in [2.05, 4.69) is 40.7 Å². The molecule has 0 aromatic heterocycles. The first-order valence-corrected chi connectivity index (χ1v) is 7.86. The first-order valence-electron chi connectivity index (χ1n) is 7.07. The van der Waals surface area contributed by atoms with Gasteiger partial charge in [0.05, 0.1) is 12.7 Å². The van der Waals surface area contributed by atoms with Crippen LogP contribution in [0.25, 0.3) is 0 Å². The van der Waals surface area contributed by atoms with Gasteiger partial charge in [-0.2, -0.15) is 0 Å². The quantitative estimate of drug-likeness (QED) is 0.827. The minimum absolute atomic E-state index is 0.294. The first kappa shape index (κ1) is 14.2. The van der Waals surface area contributed by atoms with Crippen molar-refractivity contribution < 1.29 is 14.2 Å². The molecule has 0 amide bonds. The SMILES string of the molecule is CC1CN(Cc2cc3c(cc2Br)OCCO3)C(C)CO1. The molecule has 2 unspecified atom stereocenters. The van der Waals surface area contributed by atoms with Crippen molar-refractivity contribution in [2.75, 3.05) is 26.4 Å². The highest BCUT2D eigenvalue weighted by Gasteiger charge is 2.25. The highest BCUT2D eigenvalue weighted by atomic mass is 79.9. The second kappa shape index (κ2) is 5.92. The summed E-state index contributed by atoms with van der Waals surface area (Å²) in [6, 6.07) is 4.54. The Kier molecular flexibility index (Phi) is 4.19. The van der Waals surface area contributed by atoms with Gasteiger partial charge in [-0.3, -0.25) is 4.90 Å². The smallest absolute Gasteiger partial charge is 0.162 e. The predicted octanol–water partition coefficient (Wildman–Crippen LogP) is 2.83.